The van der Waals surface area contributed by atoms with Gasteiger partial charge in [-0.05, 0) is 64.8 Å². The molecule has 2 heteroatoms. The molecule has 0 aliphatic carbocycles. The summed E-state index contributed by atoms with van der Waals surface area (Å²) < 4.78 is 0. The van der Waals surface area contributed by atoms with Crippen LogP contribution >= 0.6 is 0 Å². The lowest BCUT2D eigenvalue weighted by Gasteiger charge is -2.25. The molecule has 0 aliphatic heterocycles. The molecule has 0 bridgehead atoms. The van der Waals surface area contributed by atoms with Crippen LogP contribution in [0.4, 0.5) is 5.69 Å². The van der Waals surface area contributed by atoms with Crippen LogP contribution in [-0.2, 0) is 0 Å². The van der Waals surface area contributed by atoms with Crippen LogP contribution in [0.2, 0.25) is 0 Å². The SMILES string of the molecule is Cc1cc(C)c(B(c2ccccc2/C=C/c2ccc(N(C)C)cc2)c2c(C)cc(C)cc2C)c(C)c1. The topological polar surface area (TPSA) is 3.24 Å². The Morgan fingerprint density at radius 1 is 0.583 bits per heavy atom. The predicted molar refractivity (Wildman–Crippen MR) is 162 cm³/mol. The van der Waals surface area contributed by atoms with Gasteiger partial charge in [0.1, 0.15) is 0 Å². The van der Waals surface area contributed by atoms with E-state index in [1.165, 1.54) is 66.6 Å². The van der Waals surface area contributed by atoms with Gasteiger partial charge in [-0.25, -0.2) is 0 Å². The minimum atomic E-state index is 0.170. The van der Waals surface area contributed by atoms with Crippen LogP contribution in [0.15, 0.2) is 72.8 Å². The van der Waals surface area contributed by atoms with Gasteiger partial charge in [-0.2, -0.15) is 0 Å². The lowest BCUT2D eigenvalue weighted by atomic mass is 9.33. The number of anilines is 1. The molecule has 0 atom stereocenters. The van der Waals surface area contributed by atoms with Crippen molar-refractivity contribution in [1.82, 2.24) is 0 Å². The van der Waals surface area contributed by atoms with Gasteiger partial charge in [0.2, 0.25) is 6.71 Å². The average molecular weight is 471 g/mol. The van der Waals surface area contributed by atoms with Crippen molar-refractivity contribution in [2.24, 2.45) is 0 Å². The fourth-order valence-electron chi connectivity index (χ4n) is 5.74. The molecule has 0 radical (unpaired) electrons. The van der Waals surface area contributed by atoms with Crippen LogP contribution in [0.5, 0.6) is 0 Å². The maximum Gasteiger partial charge on any atom is 0.243 e. The Labute approximate surface area is 218 Å². The van der Waals surface area contributed by atoms with E-state index in [0.29, 0.717) is 0 Å². The Bertz CT molecular complexity index is 1310. The lowest BCUT2D eigenvalue weighted by molar-refractivity contribution is 1.13. The highest BCUT2D eigenvalue weighted by Gasteiger charge is 2.29. The number of rotatable bonds is 6. The molecule has 0 amide bonds. The molecular weight excluding hydrogens is 433 g/mol. The maximum absolute atomic E-state index is 2.33. The molecule has 0 N–H and O–H groups in total. The summed E-state index contributed by atoms with van der Waals surface area (Å²) in [5.74, 6) is 0. The predicted octanol–water partition coefficient (Wildman–Crippen LogP) is 6.29. The zero-order chi connectivity index (χ0) is 26.0. The third-order valence-electron chi connectivity index (χ3n) is 7.23. The van der Waals surface area contributed by atoms with Crippen LogP contribution in [0.3, 0.4) is 0 Å². The molecular formula is C34H38BN. The van der Waals surface area contributed by atoms with E-state index in [2.05, 4.69) is 145 Å². The molecule has 4 rings (SSSR count). The normalized spacial score (nSPS) is 11.2. The summed E-state index contributed by atoms with van der Waals surface area (Å²) in [5.41, 5.74) is 15.9. The monoisotopic (exact) mass is 471 g/mol. The number of benzene rings is 4. The Kier molecular flexibility index (Phi) is 7.55. The van der Waals surface area contributed by atoms with Crippen LogP contribution in [0.25, 0.3) is 12.2 Å². The molecule has 1 nitrogen and oxygen atoms in total. The maximum atomic E-state index is 2.33. The van der Waals surface area contributed by atoms with Crippen molar-refractivity contribution in [2.45, 2.75) is 41.5 Å². The van der Waals surface area contributed by atoms with Gasteiger partial charge in [-0.3, -0.25) is 0 Å². The molecule has 0 fully saturated rings. The minimum Gasteiger partial charge on any atom is -0.378 e. The Morgan fingerprint density at radius 2 is 1.06 bits per heavy atom. The van der Waals surface area contributed by atoms with E-state index in [0.717, 1.165) is 0 Å². The molecule has 0 aromatic heterocycles. The highest BCUT2D eigenvalue weighted by molar-refractivity contribution is 6.97. The smallest absolute Gasteiger partial charge is 0.243 e. The summed E-state index contributed by atoms with van der Waals surface area (Å²) in [6.07, 6.45) is 4.52. The van der Waals surface area contributed by atoms with E-state index < -0.39 is 0 Å². The first-order valence-corrected chi connectivity index (χ1v) is 12.9. The summed E-state index contributed by atoms with van der Waals surface area (Å²) in [6.45, 7) is 13.6. The van der Waals surface area contributed by atoms with E-state index in [1.54, 1.807) is 0 Å². The summed E-state index contributed by atoms with van der Waals surface area (Å²) in [7, 11) is 4.15. The molecule has 0 aliphatic rings. The van der Waals surface area contributed by atoms with Gasteiger partial charge in [-0.1, -0.05) is 123 Å². The second kappa shape index (κ2) is 10.6. The molecule has 182 valence electrons. The molecule has 0 heterocycles. The first kappa shape index (κ1) is 25.6. The highest BCUT2D eigenvalue weighted by atomic mass is 15.1. The van der Waals surface area contributed by atoms with Gasteiger partial charge < -0.3 is 4.90 Å². The van der Waals surface area contributed by atoms with Crippen LogP contribution in [0, 0.1) is 41.5 Å². The summed E-state index contributed by atoms with van der Waals surface area (Å²) in [4.78, 5) is 2.13. The highest BCUT2D eigenvalue weighted by Crippen LogP contribution is 2.17. The number of hydrogen-bond donors (Lipinski definition) is 0. The first-order valence-electron chi connectivity index (χ1n) is 12.9. The van der Waals surface area contributed by atoms with E-state index in [1.807, 2.05) is 0 Å². The van der Waals surface area contributed by atoms with E-state index in [9.17, 15) is 0 Å². The van der Waals surface area contributed by atoms with Crippen molar-refractivity contribution < 1.29 is 0 Å². The van der Waals surface area contributed by atoms with Crippen molar-refractivity contribution in [1.29, 1.82) is 0 Å². The molecule has 4 aromatic carbocycles. The first-order chi connectivity index (χ1) is 17.2. The molecule has 0 spiro atoms. The number of nitrogens with zero attached hydrogens (tertiary/aromatic N) is 1. The van der Waals surface area contributed by atoms with Gasteiger partial charge in [0.15, 0.2) is 0 Å². The van der Waals surface area contributed by atoms with Crippen molar-refractivity contribution in [3.05, 3.63) is 117 Å². The Balaban J connectivity index is 1.90. The molecule has 4 aromatic rings. The van der Waals surface area contributed by atoms with Crippen molar-refractivity contribution in [3.63, 3.8) is 0 Å². The second-order valence-electron chi connectivity index (χ2n) is 10.5. The van der Waals surface area contributed by atoms with E-state index in [-0.39, 0.29) is 6.71 Å². The molecule has 0 saturated heterocycles. The Morgan fingerprint density at radius 3 is 1.53 bits per heavy atom. The van der Waals surface area contributed by atoms with Gasteiger partial charge >= 0.3 is 0 Å². The average Bonchev–Trinajstić information content (AvgIpc) is 2.81. The van der Waals surface area contributed by atoms with Crippen molar-refractivity contribution in [3.8, 4) is 0 Å². The quantitative estimate of drug-likeness (QED) is 0.236. The summed E-state index contributed by atoms with van der Waals surface area (Å²) >= 11 is 0. The molecule has 0 unspecified atom stereocenters. The zero-order valence-electron chi connectivity index (χ0n) is 23.1. The van der Waals surface area contributed by atoms with Crippen molar-refractivity contribution in [2.75, 3.05) is 19.0 Å². The summed E-state index contributed by atoms with van der Waals surface area (Å²) in [5, 5.41) is 0. The number of hydrogen-bond acceptors (Lipinski definition) is 1. The van der Waals surface area contributed by atoms with Gasteiger partial charge in [0.25, 0.3) is 0 Å². The lowest BCUT2D eigenvalue weighted by Crippen LogP contribution is -2.56. The summed E-state index contributed by atoms with van der Waals surface area (Å²) in [6, 6.07) is 27.0. The van der Waals surface area contributed by atoms with Gasteiger partial charge in [0, 0.05) is 19.8 Å². The number of aryl methyl sites for hydroxylation is 6. The Hall–Kier alpha value is -3.52. The van der Waals surface area contributed by atoms with Crippen LogP contribution in [-0.4, -0.2) is 20.8 Å². The minimum absolute atomic E-state index is 0.170. The van der Waals surface area contributed by atoms with Crippen LogP contribution in [0.1, 0.15) is 44.5 Å². The fraction of sp³-hybridized carbons (Fsp3) is 0.235. The van der Waals surface area contributed by atoms with Gasteiger partial charge in [-0.15, -0.1) is 0 Å². The van der Waals surface area contributed by atoms with Gasteiger partial charge in [0.05, 0.1) is 0 Å². The van der Waals surface area contributed by atoms with E-state index >= 15 is 0 Å². The zero-order valence-corrected chi connectivity index (χ0v) is 23.1. The largest absolute Gasteiger partial charge is 0.378 e. The molecule has 36 heavy (non-hydrogen) atoms. The third-order valence-corrected chi connectivity index (χ3v) is 7.23. The second-order valence-corrected chi connectivity index (χ2v) is 10.5. The van der Waals surface area contributed by atoms with Crippen molar-refractivity contribution >= 4 is 40.9 Å². The fourth-order valence-corrected chi connectivity index (χ4v) is 5.74. The standard InChI is InChI=1S/C34H38BN/c1-23-19-25(3)33(26(4)20-23)35(34-27(5)21-24(2)22-28(34)6)32-12-10-9-11-30(32)16-13-29-14-17-31(18-15-29)36(7)8/h9-22H,1-8H3/b16-13+. The molecule has 0 saturated carbocycles. The van der Waals surface area contributed by atoms with E-state index in [4.69, 9.17) is 0 Å². The third kappa shape index (κ3) is 5.33. The van der Waals surface area contributed by atoms with Crippen LogP contribution < -0.4 is 21.3 Å².